The molecule has 8 nitrogen and oxygen atoms in total. The minimum Gasteiger partial charge on any atom is -0.435 e. The molecule has 0 aliphatic carbocycles. The average Bonchev–Trinajstić information content (AvgIpc) is 3.20. The summed E-state index contributed by atoms with van der Waals surface area (Å²) in [6, 6.07) is 7.68. The number of benzene rings is 1. The van der Waals surface area contributed by atoms with Crippen LogP contribution < -0.4 is 4.74 Å². The molecule has 3 aromatic rings. The summed E-state index contributed by atoms with van der Waals surface area (Å²) in [5.74, 6) is -0.215. The van der Waals surface area contributed by atoms with Crippen LogP contribution in [0, 0.1) is 27.7 Å². The van der Waals surface area contributed by atoms with Crippen molar-refractivity contribution in [3.63, 3.8) is 0 Å². The molecule has 0 fully saturated rings. The minimum absolute atomic E-state index is 0.0219. The van der Waals surface area contributed by atoms with E-state index in [0.29, 0.717) is 16.9 Å². The SMILES string of the molecule is Cc1noc(C)c1S(=O)(=O)N(C)CC(=O)c1cc(C)n(-c2ccc(OC(F)F)cc2)c1C. The predicted octanol–water partition coefficient (Wildman–Crippen LogP) is 3.80. The Balaban J connectivity index is 1.86. The van der Waals surface area contributed by atoms with Gasteiger partial charge in [-0.15, -0.1) is 0 Å². The molecule has 11 heteroatoms. The summed E-state index contributed by atoms with van der Waals surface area (Å²) < 4.78 is 62.6. The number of ether oxygens (including phenoxy) is 1. The van der Waals surface area contributed by atoms with Crippen LogP contribution in [0.2, 0.25) is 0 Å². The molecule has 0 unspecified atom stereocenters. The van der Waals surface area contributed by atoms with Crippen molar-refractivity contribution in [2.24, 2.45) is 0 Å². The third-order valence-corrected chi connectivity index (χ3v) is 7.10. The van der Waals surface area contributed by atoms with Crippen molar-refractivity contribution >= 4 is 15.8 Å². The van der Waals surface area contributed by atoms with Crippen molar-refractivity contribution in [1.82, 2.24) is 14.0 Å². The van der Waals surface area contributed by atoms with Crippen molar-refractivity contribution in [1.29, 1.82) is 0 Å². The number of carbonyl (C=O) groups excluding carboxylic acids is 1. The van der Waals surface area contributed by atoms with Crippen LogP contribution in [0.25, 0.3) is 5.69 Å². The topological polar surface area (TPSA) is 94.6 Å². The van der Waals surface area contributed by atoms with E-state index in [1.165, 1.54) is 33.0 Å². The zero-order chi connectivity index (χ0) is 23.8. The number of alkyl halides is 2. The van der Waals surface area contributed by atoms with Gasteiger partial charge in [0.05, 0.1) is 6.54 Å². The molecule has 3 rings (SSSR count). The van der Waals surface area contributed by atoms with E-state index in [1.54, 1.807) is 36.6 Å². The average molecular weight is 467 g/mol. The lowest BCUT2D eigenvalue weighted by molar-refractivity contribution is -0.0498. The molecule has 0 saturated carbocycles. The second kappa shape index (κ2) is 8.83. The molecular formula is C21H23F2N3O5S. The summed E-state index contributed by atoms with van der Waals surface area (Å²) >= 11 is 0. The summed E-state index contributed by atoms with van der Waals surface area (Å²) in [5.41, 5.74) is 2.55. The summed E-state index contributed by atoms with van der Waals surface area (Å²) in [5, 5.41) is 3.67. The number of aromatic nitrogens is 2. The van der Waals surface area contributed by atoms with Gasteiger partial charge in [0.1, 0.15) is 16.3 Å². The number of carbonyl (C=O) groups is 1. The Hall–Kier alpha value is -3.05. The van der Waals surface area contributed by atoms with Gasteiger partial charge >= 0.3 is 6.61 Å². The smallest absolute Gasteiger partial charge is 0.387 e. The zero-order valence-corrected chi connectivity index (χ0v) is 19.0. The highest BCUT2D eigenvalue weighted by Crippen LogP contribution is 2.26. The maximum absolute atomic E-state index is 13.0. The maximum Gasteiger partial charge on any atom is 0.387 e. The number of rotatable bonds is 8. The third-order valence-electron chi connectivity index (χ3n) is 5.05. The lowest BCUT2D eigenvalue weighted by Gasteiger charge is -2.16. The first-order chi connectivity index (χ1) is 14.9. The van der Waals surface area contributed by atoms with Gasteiger partial charge < -0.3 is 13.8 Å². The van der Waals surface area contributed by atoms with Crippen molar-refractivity contribution in [3.05, 3.63) is 58.7 Å². The van der Waals surface area contributed by atoms with E-state index in [0.717, 1.165) is 10.00 Å². The lowest BCUT2D eigenvalue weighted by Crippen LogP contribution is -2.33. The number of Topliss-reactive ketones (excluding diaryl/α,β-unsaturated/α-hetero) is 1. The Labute approximate surface area is 184 Å². The number of likely N-dealkylation sites (N-methyl/N-ethyl adjacent to an activating group) is 1. The van der Waals surface area contributed by atoms with Crippen molar-refractivity contribution < 1.29 is 31.3 Å². The quantitative estimate of drug-likeness (QED) is 0.468. The molecule has 0 saturated heterocycles. The Morgan fingerprint density at radius 3 is 2.34 bits per heavy atom. The summed E-state index contributed by atoms with van der Waals surface area (Å²) in [6.07, 6.45) is 0. The van der Waals surface area contributed by atoms with E-state index in [2.05, 4.69) is 9.89 Å². The monoisotopic (exact) mass is 467 g/mol. The van der Waals surface area contributed by atoms with E-state index >= 15 is 0 Å². The number of sulfonamides is 1. The summed E-state index contributed by atoms with van der Waals surface area (Å²) in [4.78, 5) is 12.9. The van der Waals surface area contributed by atoms with Crippen LogP contribution >= 0.6 is 0 Å². The second-order valence-corrected chi connectivity index (χ2v) is 9.31. The van der Waals surface area contributed by atoms with Crippen molar-refractivity contribution in [2.75, 3.05) is 13.6 Å². The first-order valence-electron chi connectivity index (χ1n) is 9.60. The van der Waals surface area contributed by atoms with Crippen LogP contribution in [0.1, 0.15) is 33.2 Å². The van der Waals surface area contributed by atoms with Crippen LogP contribution in [-0.4, -0.2) is 48.4 Å². The highest BCUT2D eigenvalue weighted by Gasteiger charge is 2.30. The van der Waals surface area contributed by atoms with Crippen LogP contribution in [0.4, 0.5) is 8.78 Å². The highest BCUT2D eigenvalue weighted by atomic mass is 32.2. The Kier molecular flexibility index (Phi) is 6.51. The van der Waals surface area contributed by atoms with E-state index in [1.807, 2.05) is 0 Å². The van der Waals surface area contributed by atoms with Crippen molar-refractivity contribution in [2.45, 2.75) is 39.2 Å². The molecule has 0 aliphatic heterocycles. The Morgan fingerprint density at radius 2 is 1.81 bits per heavy atom. The predicted molar refractivity (Wildman–Crippen MR) is 112 cm³/mol. The molecule has 0 bridgehead atoms. The standard InChI is InChI=1S/C21H23F2N3O5S/c1-12-10-18(14(3)26(12)16-6-8-17(9-7-16)30-21(22)23)19(27)11-25(5)32(28,29)20-13(2)24-31-15(20)4/h6-10,21H,11H2,1-5H3. The fourth-order valence-electron chi connectivity index (χ4n) is 3.59. The molecule has 0 aliphatic rings. The number of hydrogen-bond acceptors (Lipinski definition) is 6. The first kappa shape index (κ1) is 23.6. The van der Waals surface area contributed by atoms with Crippen LogP contribution in [-0.2, 0) is 10.0 Å². The van der Waals surface area contributed by atoms with E-state index in [-0.39, 0.29) is 34.4 Å². The first-order valence-corrected chi connectivity index (χ1v) is 11.0. The summed E-state index contributed by atoms with van der Waals surface area (Å²) in [6.45, 7) is 3.24. The molecule has 0 spiro atoms. The number of nitrogens with zero attached hydrogens (tertiary/aromatic N) is 3. The minimum atomic E-state index is -3.97. The normalized spacial score (nSPS) is 12.0. The number of aryl methyl sites for hydroxylation is 3. The molecule has 1 aromatic carbocycles. The van der Waals surface area contributed by atoms with Gasteiger partial charge in [0.2, 0.25) is 10.0 Å². The molecular weight excluding hydrogens is 444 g/mol. The zero-order valence-electron chi connectivity index (χ0n) is 18.2. The van der Waals surface area contributed by atoms with Gasteiger partial charge in [0.15, 0.2) is 11.5 Å². The molecule has 2 aromatic heterocycles. The number of halogens is 2. The van der Waals surface area contributed by atoms with Gasteiger partial charge in [0.25, 0.3) is 0 Å². The van der Waals surface area contributed by atoms with Gasteiger partial charge in [-0.25, -0.2) is 8.42 Å². The second-order valence-electron chi connectivity index (χ2n) is 7.33. The molecule has 0 amide bonds. The van der Waals surface area contributed by atoms with E-state index in [9.17, 15) is 22.0 Å². The van der Waals surface area contributed by atoms with E-state index in [4.69, 9.17) is 4.52 Å². The molecule has 2 heterocycles. The molecule has 172 valence electrons. The van der Waals surface area contributed by atoms with Gasteiger partial charge in [-0.1, -0.05) is 5.16 Å². The lowest BCUT2D eigenvalue weighted by atomic mass is 10.1. The van der Waals surface area contributed by atoms with Gasteiger partial charge in [-0.2, -0.15) is 13.1 Å². The van der Waals surface area contributed by atoms with Crippen LogP contribution in [0.15, 0.2) is 39.8 Å². The molecule has 0 N–H and O–H groups in total. The third kappa shape index (κ3) is 4.44. The van der Waals surface area contributed by atoms with Gasteiger partial charge in [-0.05, 0) is 58.0 Å². The molecule has 0 radical (unpaired) electrons. The van der Waals surface area contributed by atoms with Crippen LogP contribution in [0.5, 0.6) is 5.75 Å². The number of ketones is 1. The van der Waals surface area contributed by atoms with Crippen molar-refractivity contribution in [3.8, 4) is 11.4 Å². The highest BCUT2D eigenvalue weighted by molar-refractivity contribution is 7.89. The summed E-state index contributed by atoms with van der Waals surface area (Å²) in [7, 11) is -2.65. The maximum atomic E-state index is 13.0. The fourth-order valence-corrected chi connectivity index (χ4v) is 5.00. The fraction of sp³-hybridized carbons (Fsp3) is 0.333. The molecule has 0 atom stereocenters. The van der Waals surface area contributed by atoms with E-state index < -0.39 is 16.6 Å². The number of hydrogen-bond donors (Lipinski definition) is 0. The largest absolute Gasteiger partial charge is 0.435 e. The van der Waals surface area contributed by atoms with Gasteiger partial charge in [-0.3, -0.25) is 4.79 Å². The van der Waals surface area contributed by atoms with Gasteiger partial charge in [0, 0.05) is 29.7 Å². The Morgan fingerprint density at radius 1 is 1.19 bits per heavy atom. The molecule has 32 heavy (non-hydrogen) atoms. The Bertz CT molecular complexity index is 1230. The van der Waals surface area contributed by atoms with Crippen LogP contribution in [0.3, 0.4) is 0 Å².